The summed E-state index contributed by atoms with van der Waals surface area (Å²) in [5.74, 6) is 0. The van der Waals surface area contributed by atoms with E-state index in [4.69, 9.17) is 0 Å². The number of hydrogen-bond acceptors (Lipinski definition) is 2. The highest BCUT2D eigenvalue weighted by Gasteiger charge is 2.37. The molecule has 0 amide bonds. The molecular weight excluding hydrogens is 232 g/mol. The van der Waals surface area contributed by atoms with Gasteiger partial charge in [0.2, 0.25) is 0 Å². The van der Waals surface area contributed by atoms with Crippen molar-refractivity contribution < 1.29 is 0 Å². The van der Waals surface area contributed by atoms with Crippen molar-refractivity contribution in [1.29, 1.82) is 0 Å². The van der Waals surface area contributed by atoms with Crippen LogP contribution in [0.1, 0.15) is 73.6 Å². The van der Waals surface area contributed by atoms with Gasteiger partial charge < -0.3 is 5.32 Å². The number of unbranched alkanes of at least 4 members (excludes halogenated alkanes) is 4. The van der Waals surface area contributed by atoms with Crippen LogP contribution in [0.4, 0.5) is 0 Å². The van der Waals surface area contributed by atoms with E-state index >= 15 is 0 Å². The largest absolute Gasteiger partial charge is 0.309 e. The molecule has 2 nitrogen and oxygen atoms in total. The maximum atomic E-state index is 3.71. The molecule has 1 fully saturated rings. The van der Waals surface area contributed by atoms with E-state index in [0.717, 1.165) is 6.54 Å². The lowest BCUT2D eigenvalue weighted by molar-refractivity contribution is 0.0320. The van der Waals surface area contributed by atoms with Crippen molar-refractivity contribution in [2.75, 3.05) is 19.6 Å². The zero-order chi connectivity index (χ0) is 14.5. The van der Waals surface area contributed by atoms with Gasteiger partial charge in [-0.05, 0) is 32.2 Å². The van der Waals surface area contributed by atoms with Gasteiger partial charge in [-0.25, -0.2) is 0 Å². The van der Waals surface area contributed by atoms with Gasteiger partial charge in [0.05, 0.1) is 0 Å². The zero-order valence-electron chi connectivity index (χ0n) is 14.2. The fraction of sp³-hybridized carbons (Fsp3) is 1.00. The molecule has 0 aromatic carbocycles. The van der Waals surface area contributed by atoms with E-state index in [1.54, 1.807) is 0 Å². The molecule has 0 spiro atoms. The van der Waals surface area contributed by atoms with Crippen LogP contribution in [0.15, 0.2) is 0 Å². The summed E-state index contributed by atoms with van der Waals surface area (Å²) in [4.78, 5) is 2.74. The SMILES string of the molecule is CCCCCCCN1CC(C)(C)NCC1C(C)(C)C. The number of rotatable bonds is 6. The van der Waals surface area contributed by atoms with E-state index in [1.807, 2.05) is 0 Å². The lowest BCUT2D eigenvalue weighted by atomic mass is 9.82. The third-order valence-electron chi connectivity index (χ3n) is 4.36. The first-order chi connectivity index (χ1) is 8.76. The lowest BCUT2D eigenvalue weighted by Crippen LogP contribution is -2.64. The van der Waals surface area contributed by atoms with Gasteiger partial charge in [0.1, 0.15) is 0 Å². The third kappa shape index (κ3) is 5.83. The van der Waals surface area contributed by atoms with Gasteiger partial charge >= 0.3 is 0 Å². The molecule has 1 heterocycles. The zero-order valence-corrected chi connectivity index (χ0v) is 14.2. The Labute approximate surface area is 121 Å². The van der Waals surface area contributed by atoms with Crippen molar-refractivity contribution in [3.8, 4) is 0 Å². The minimum absolute atomic E-state index is 0.269. The minimum atomic E-state index is 0.269. The molecule has 2 heteroatoms. The first-order valence-corrected chi connectivity index (χ1v) is 8.25. The molecule has 1 aliphatic heterocycles. The Morgan fingerprint density at radius 2 is 1.74 bits per heavy atom. The number of piperazine rings is 1. The highest BCUT2D eigenvalue weighted by Crippen LogP contribution is 2.29. The summed E-state index contributed by atoms with van der Waals surface area (Å²) in [5, 5.41) is 3.71. The predicted molar refractivity (Wildman–Crippen MR) is 85.7 cm³/mol. The molecule has 0 saturated carbocycles. The van der Waals surface area contributed by atoms with Gasteiger partial charge in [-0.15, -0.1) is 0 Å². The van der Waals surface area contributed by atoms with Crippen LogP contribution in [0.2, 0.25) is 0 Å². The van der Waals surface area contributed by atoms with E-state index in [2.05, 4.69) is 51.8 Å². The van der Waals surface area contributed by atoms with Crippen molar-refractivity contribution in [2.24, 2.45) is 5.41 Å². The van der Waals surface area contributed by atoms with Crippen molar-refractivity contribution in [2.45, 2.75) is 85.2 Å². The second-order valence-electron chi connectivity index (χ2n) is 8.03. The molecule has 1 N–H and O–H groups in total. The molecule has 0 aromatic rings. The Bertz CT molecular complexity index is 252. The molecule has 1 atom stereocenters. The Hall–Kier alpha value is -0.0800. The summed E-state index contributed by atoms with van der Waals surface area (Å²) in [5.41, 5.74) is 0.637. The first-order valence-electron chi connectivity index (χ1n) is 8.25. The molecule has 1 saturated heterocycles. The topological polar surface area (TPSA) is 15.3 Å². The molecule has 1 rings (SSSR count). The Morgan fingerprint density at radius 3 is 2.32 bits per heavy atom. The highest BCUT2D eigenvalue weighted by atomic mass is 15.3. The van der Waals surface area contributed by atoms with E-state index in [1.165, 1.54) is 45.2 Å². The number of nitrogens with one attached hydrogen (secondary N) is 1. The summed E-state index contributed by atoms with van der Waals surface area (Å²) in [7, 11) is 0. The average Bonchev–Trinajstić information content (AvgIpc) is 2.26. The third-order valence-corrected chi connectivity index (χ3v) is 4.36. The van der Waals surface area contributed by atoms with Crippen molar-refractivity contribution >= 4 is 0 Å². The maximum Gasteiger partial charge on any atom is 0.0270 e. The van der Waals surface area contributed by atoms with Crippen LogP contribution in [-0.4, -0.2) is 36.1 Å². The van der Waals surface area contributed by atoms with Crippen LogP contribution >= 0.6 is 0 Å². The standard InChI is InChI=1S/C17H36N2/c1-7-8-9-10-11-12-19-14-17(5,6)18-13-15(19)16(2,3)4/h15,18H,7-14H2,1-6H3. The fourth-order valence-electron chi connectivity index (χ4n) is 3.18. The van der Waals surface area contributed by atoms with E-state index in [-0.39, 0.29) is 5.54 Å². The minimum Gasteiger partial charge on any atom is -0.309 e. The van der Waals surface area contributed by atoms with Gasteiger partial charge in [0, 0.05) is 24.7 Å². The van der Waals surface area contributed by atoms with Crippen LogP contribution in [-0.2, 0) is 0 Å². The predicted octanol–water partition coefficient (Wildman–Crippen LogP) is 4.06. The van der Waals surface area contributed by atoms with Crippen molar-refractivity contribution in [3.05, 3.63) is 0 Å². The molecule has 19 heavy (non-hydrogen) atoms. The summed E-state index contributed by atoms with van der Waals surface area (Å²) in [6.45, 7) is 17.7. The summed E-state index contributed by atoms with van der Waals surface area (Å²) in [6, 6.07) is 0.673. The lowest BCUT2D eigenvalue weighted by Gasteiger charge is -2.49. The van der Waals surface area contributed by atoms with Crippen LogP contribution in [0, 0.1) is 5.41 Å². The molecular formula is C17H36N2. The number of hydrogen-bond donors (Lipinski definition) is 1. The van der Waals surface area contributed by atoms with Gasteiger partial charge in [-0.1, -0.05) is 53.4 Å². The van der Waals surface area contributed by atoms with Gasteiger partial charge in [0.15, 0.2) is 0 Å². The van der Waals surface area contributed by atoms with E-state index in [9.17, 15) is 0 Å². The number of nitrogens with zero attached hydrogens (tertiary/aromatic N) is 1. The van der Waals surface area contributed by atoms with Crippen LogP contribution in [0.25, 0.3) is 0 Å². The van der Waals surface area contributed by atoms with Crippen LogP contribution < -0.4 is 5.32 Å². The Kier molecular flexibility index (Phi) is 6.32. The van der Waals surface area contributed by atoms with Crippen LogP contribution in [0.5, 0.6) is 0 Å². The Morgan fingerprint density at radius 1 is 1.11 bits per heavy atom. The highest BCUT2D eigenvalue weighted by molar-refractivity contribution is 4.96. The van der Waals surface area contributed by atoms with Gasteiger partial charge in [-0.2, -0.15) is 0 Å². The molecule has 1 aliphatic rings. The second-order valence-corrected chi connectivity index (χ2v) is 8.03. The van der Waals surface area contributed by atoms with Crippen LogP contribution in [0.3, 0.4) is 0 Å². The summed E-state index contributed by atoms with van der Waals surface area (Å²) >= 11 is 0. The fourth-order valence-corrected chi connectivity index (χ4v) is 3.18. The monoisotopic (exact) mass is 268 g/mol. The second kappa shape index (κ2) is 7.08. The normalized spacial score (nSPS) is 24.6. The average molecular weight is 268 g/mol. The smallest absolute Gasteiger partial charge is 0.0270 e. The molecule has 0 bridgehead atoms. The molecule has 0 radical (unpaired) electrons. The molecule has 0 aliphatic carbocycles. The Balaban J connectivity index is 2.48. The molecule has 0 aromatic heterocycles. The van der Waals surface area contributed by atoms with E-state index in [0.29, 0.717) is 11.5 Å². The maximum absolute atomic E-state index is 3.71. The molecule has 114 valence electrons. The first kappa shape index (κ1) is 17.0. The molecule has 1 unspecified atom stereocenters. The van der Waals surface area contributed by atoms with Crippen molar-refractivity contribution in [1.82, 2.24) is 10.2 Å². The van der Waals surface area contributed by atoms with E-state index < -0.39 is 0 Å². The van der Waals surface area contributed by atoms with Crippen molar-refractivity contribution in [3.63, 3.8) is 0 Å². The van der Waals surface area contributed by atoms with Gasteiger partial charge in [-0.3, -0.25) is 4.90 Å². The van der Waals surface area contributed by atoms with Gasteiger partial charge in [0.25, 0.3) is 0 Å². The summed E-state index contributed by atoms with van der Waals surface area (Å²) in [6.07, 6.45) is 6.91. The summed E-state index contributed by atoms with van der Waals surface area (Å²) < 4.78 is 0. The quantitative estimate of drug-likeness (QED) is 0.731.